The number of rotatable bonds is 3. The van der Waals surface area contributed by atoms with Crippen LogP contribution >= 0.6 is 38.5 Å². The van der Waals surface area contributed by atoms with E-state index in [0.29, 0.717) is 14.6 Å². The second-order valence-corrected chi connectivity index (χ2v) is 5.80. The second-order valence-electron chi connectivity index (χ2n) is 3.79. The highest BCUT2D eigenvalue weighted by Gasteiger charge is 2.08. The number of aromatic nitrogens is 2. The number of benzene rings is 1. The van der Waals surface area contributed by atoms with Crippen molar-refractivity contribution in [2.75, 3.05) is 0 Å². The van der Waals surface area contributed by atoms with Gasteiger partial charge in [0, 0.05) is 10.7 Å². The monoisotopic (exact) mass is 434 g/mol. The van der Waals surface area contributed by atoms with Crippen molar-refractivity contribution in [3.8, 4) is 0 Å². The normalized spacial score (nSPS) is 10.4. The van der Waals surface area contributed by atoms with Crippen LogP contribution in [0.1, 0.15) is 15.9 Å². The maximum Gasteiger partial charge on any atom is 0.335 e. The molecule has 1 aromatic heterocycles. The highest BCUT2D eigenvalue weighted by atomic mass is 127. The molecule has 0 aliphatic heterocycles. The van der Waals surface area contributed by atoms with Gasteiger partial charge >= 0.3 is 5.97 Å². The molecule has 0 saturated heterocycles. The average molecular weight is 435 g/mol. The van der Waals surface area contributed by atoms with Crippen LogP contribution in [-0.4, -0.2) is 20.6 Å². The number of halogens is 2. The van der Waals surface area contributed by atoms with Gasteiger partial charge in [-0.1, -0.05) is 22.0 Å². The van der Waals surface area contributed by atoms with Crippen molar-refractivity contribution in [1.82, 2.24) is 9.55 Å². The summed E-state index contributed by atoms with van der Waals surface area (Å²) in [5.74, 6) is -0.986. The van der Waals surface area contributed by atoms with Crippen LogP contribution in [-0.2, 0) is 6.54 Å². The summed E-state index contributed by atoms with van der Waals surface area (Å²) in [5.41, 5.74) is 0.893. The zero-order valence-corrected chi connectivity index (χ0v) is 13.3. The molecular weight excluding hydrogens is 427 g/mol. The van der Waals surface area contributed by atoms with Crippen LogP contribution in [0, 0.1) is 3.57 Å². The van der Waals surface area contributed by atoms with E-state index in [4.69, 9.17) is 5.11 Å². The van der Waals surface area contributed by atoms with Gasteiger partial charge in [0.05, 0.1) is 22.0 Å². The van der Waals surface area contributed by atoms with E-state index >= 15 is 0 Å². The van der Waals surface area contributed by atoms with Crippen molar-refractivity contribution >= 4 is 44.5 Å². The molecule has 5 nitrogen and oxygen atoms in total. The van der Waals surface area contributed by atoms with Crippen molar-refractivity contribution in [3.05, 3.63) is 60.2 Å². The lowest BCUT2D eigenvalue weighted by molar-refractivity contribution is 0.0697. The van der Waals surface area contributed by atoms with Crippen LogP contribution in [0.3, 0.4) is 0 Å². The Bertz CT molecular complexity index is 700. The van der Waals surface area contributed by atoms with E-state index in [1.165, 1.54) is 29.2 Å². The van der Waals surface area contributed by atoms with Crippen LogP contribution in [0.2, 0.25) is 0 Å². The molecule has 2 rings (SSSR count). The third-order valence-corrected chi connectivity index (χ3v) is 3.98. The molecule has 0 aliphatic carbocycles. The second kappa shape index (κ2) is 5.83. The van der Waals surface area contributed by atoms with Gasteiger partial charge in [0.15, 0.2) is 0 Å². The summed E-state index contributed by atoms with van der Waals surface area (Å²) < 4.78 is 2.67. The molecule has 0 spiro atoms. The largest absolute Gasteiger partial charge is 0.478 e. The van der Waals surface area contributed by atoms with Crippen LogP contribution in [0.15, 0.2) is 40.0 Å². The van der Waals surface area contributed by atoms with Crippen LogP contribution in [0.25, 0.3) is 0 Å². The predicted molar refractivity (Wildman–Crippen MR) is 81.4 cm³/mol. The van der Waals surface area contributed by atoms with Gasteiger partial charge < -0.3 is 5.11 Å². The van der Waals surface area contributed by atoms with Crippen LogP contribution in [0.5, 0.6) is 0 Å². The summed E-state index contributed by atoms with van der Waals surface area (Å²) in [7, 11) is 0. The fourth-order valence-corrected chi connectivity index (χ4v) is 2.50. The van der Waals surface area contributed by atoms with Gasteiger partial charge in [0.2, 0.25) is 0 Å². The maximum atomic E-state index is 11.9. The summed E-state index contributed by atoms with van der Waals surface area (Å²) >= 11 is 5.25. The molecule has 0 unspecified atom stereocenters. The lowest BCUT2D eigenvalue weighted by atomic mass is 10.1. The molecule has 1 N–H and O–H groups in total. The molecule has 0 aliphatic rings. The van der Waals surface area contributed by atoms with Crippen molar-refractivity contribution in [2.45, 2.75) is 6.54 Å². The number of carboxylic acid groups (broad SMARTS) is 1. The SMILES string of the molecule is O=C(O)c1ccc(Cn2cncc(I)c2=O)c(Br)c1. The quantitative estimate of drug-likeness (QED) is 0.752. The van der Waals surface area contributed by atoms with E-state index in [9.17, 15) is 9.59 Å². The van der Waals surface area contributed by atoms with Gasteiger partial charge in [-0.15, -0.1) is 0 Å². The average Bonchev–Trinajstić information content (AvgIpc) is 2.37. The van der Waals surface area contributed by atoms with Crippen molar-refractivity contribution in [1.29, 1.82) is 0 Å². The zero-order chi connectivity index (χ0) is 14.0. The van der Waals surface area contributed by atoms with Crippen molar-refractivity contribution < 1.29 is 9.90 Å². The Hall–Kier alpha value is -1.22. The first kappa shape index (κ1) is 14.2. The first-order valence-electron chi connectivity index (χ1n) is 5.20. The number of hydrogen-bond donors (Lipinski definition) is 1. The van der Waals surface area contributed by atoms with E-state index < -0.39 is 5.97 Å². The molecule has 0 amide bonds. The summed E-state index contributed by atoms with van der Waals surface area (Å²) in [6, 6.07) is 4.71. The molecule has 0 bridgehead atoms. The third kappa shape index (κ3) is 3.21. The first-order chi connectivity index (χ1) is 8.99. The molecule has 98 valence electrons. The van der Waals surface area contributed by atoms with Gasteiger partial charge in [-0.05, 0) is 40.3 Å². The lowest BCUT2D eigenvalue weighted by Crippen LogP contribution is -2.23. The number of hydrogen-bond acceptors (Lipinski definition) is 3. The number of carbonyl (C=O) groups is 1. The minimum atomic E-state index is -0.986. The van der Waals surface area contributed by atoms with E-state index in [1.807, 2.05) is 22.6 Å². The van der Waals surface area contributed by atoms with Gasteiger partial charge in [-0.25, -0.2) is 9.78 Å². The van der Waals surface area contributed by atoms with Crippen molar-refractivity contribution in [3.63, 3.8) is 0 Å². The van der Waals surface area contributed by atoms with Gasteiger partial charge in [-0.2, -0.15) is 0 Å². The number of carboxylic acids is 1. The third-order valence-electron chi connectivity index (χ3n) is 2.50. The highest BCUT2D eigenvalue weighted by molar-refractivity contribution is 14.1. The molecule has 0 saturated carbocycles. The molecule has 0 atom stereocenters. The fraction of sp³-hybridized carbons (Fsp3) is 0.0833. The summed E-state index contributed by atoms with van der Waals surface area (Å²) in [6.45, 7) is 0.336. The number of nitrogens with zero attached hydrogens (tertiary/aromatic N) is 2. The molecule has 1 heterocycles. The highest BCUT2D eigenvalue weighted by Crippen LogP contribution is 2.19. The Balaban J connectivity index is 2.36. The Kier molecular flexibility index (Phi) is 4.35. The Morgan fingerprint density at radius 1 is 1.47 bits per heavy atom. The fourth-order valence-electron chi connectivity index (χ4n) is 1.53. The Labute approximate surface area is 130 Å². The molecule has 7 heteroatoms. The van der Waals surface area contributed by atoms with Gasteiger partial charge in [0.25, 0.3) is 5.56 Å². The van der Waals surface area contributed by atoms with Gasteiger partial charge in [-0.3, -0.25) is 9.36 Å². The predicted octanol–water partition coefficient (Wildman–Crippen LogP) is 2.36. The molecule has 19 heavy (non-hydrogen) atoms. The Morgan fingerprint density at radius 2 is 2.21 bits per heavy atom. The van der Waals surface area contributed by atoms with E-state index in [2.05, 4.69) is 20.9 Å². The zero-order valence-electron chi connectivity index (χ0n) is 9.51. The first-order valence-corrected chi connectivity index (χ1v) is 7.08. The summed E-state index contributed by atoms with van der Waals surface area (Å²) in [4.78, 5) is 26.7. The summed E-state index contributed by atoms with van der Waals surface area (Å²) in [5, 5.41) is 8.88. The lowest BCUT2D eigenvalue weighted by Gasteiger charge is -2.08. The topological polar surface area (TPSA) is 72.2 Å². The minimum absolute atomic E-state index is 0.121. The smallest absolute Gasteiger partial charge is 0.335 e. The number of aromatic carboxylic acids is 1. The molecular formula is C12H8BrIN2O3. The standard InChI is InChI=1S/C12H8BrIN2O3/c13-9-3-7(12(18)19)1-2-8(9)5-16-6-15-4-10(14)11(16)17/h1-4,6H,5H2,(H,18,19). The van der Waals surface area contributed by atoms with E-state index in [1.54, 1.807) is 6.07 Å². The van der Waals surface area contributed by atoms with E-state index in [0.717, 1.165) is 5.56 Å². The molecule has 0 radical (unpaired) electrons. The van der Waals surface area contributed by atoms with Gasteiger partial charge in [0.1, 0.15) is 0 Å². The minimum Gasteiger partial charge on any atom is -0.478 e. The molecule has 0 fully saturated rings. The van der Waals surface area contributed by atoms with E-state index in [-0.39, 0.29) is 11.1 Å². The van der Waals surface area contributed by atoms with Crippen molar-refractivity contribution in [2.24, 2.45) is 0 Å². The maximum absolute atomic E-state index is 11.9. The molecule has 1 aromatic carbocycles. The summed E-state index contributed by atoms with van der Waals surface area (Å²) in [6.07, 6.45) is 2.96. The van der Waals surface area contributed by atoms with Crippen LogP contribution in [0.4, 0.5) is 0 Å². The molecule has 2 aromatic rings. The van der Waals surface area contributed by atoms with Crippen LogP contribution < -0.4 is 5.56 Å². The Morgan fingerprint density at radius 3 is 2.84 bits per heavy atom.